The summed E-state index contributed by atoms with van der Waals surface area (Å²) in [5, 5.41) is 0. The van der Waals surface area contributed by atoms with Crippen LogP contribution in [0, 0.1) is 11.6 Å². The lowest BCUT2D eigenvalue weighted by molar-refractivity contribution is -0.188. The Labute approximate surface area is 125 Å². The van der Waals surface area contributed by atoms with Gasteiger partial charge in [-0.15, -0.1) is 0 Å². The number of benzene rings is 1. The molecule has 0 radical (unpaired) electrons. The maximum Gasteiger partial charge on any atom is 0.130 e. The lowest BCUT2D eigenvalue weighted by atomic mass is 9.94. The Morgan fingerprint density at radius 3 is 2.05 bits per heavy atom. The molecule has 1 unspecified atom stereocenters. The van der Waals surface area contributed by atoms with Crippen LogP contribution in [0.5, 0.6) is 0 Å². The molecular weight excluding hydrogens is 274 g/mol. The highest BCUT2D eigenvalue weighted by molar-refractivity contribution is 5.24. The quantitative estimate of drug-likeness (QED) is 0.932. The van der Waals surface area contributed by atoms with Crippen LogP contribution >= 0.6 is 0 Å². The molecule has 0 spiro atoms. The molecule has 2 rings (SSSR count). The number of nitrogens with two attached hydrogens (primary N) is 1. The molecule has 21 heavy (non-hydrogen) atoms. The molecule has 1 aromatic carbocycles. The van der Waals surface area contributed by atoms with E-state index in [9.17, 15) is 8.78 Å². The summed E-state index contributed by atoms with van der Waals surface area (Å²) in [6, 6.07) is 3.43. The van der Waals surface area contributed by atoms with Crippen molar-refractivity contribution >= 4 is 0 Å². The van der Waals surface area contributed by atoms with Crippen LogP contribution in [0.2, 0.25) is 0 Å². The molecule has 1 atom stereocenters. The molecule has 3 nitrogen and oxygen atoms in total. The van der Waals surface area contributed by atoms with Gasteiger partial charge in [0.05, 0.1) is 17.2 Å². The summed E-state index contributed by atoms with van der Waals surface area (Å²) < 4.78 is 34.2. The van der Waals surface area contributed by atoms with Gasteiger partial charge in [-0.1, -0.05) is 6.07 Å². The Hall–Kier alpha value is -1.04. The summed E-state index contributed by atoms with van der Waals surface area (Å²) in [6.07, 6.45) is 0. The first-order valence-electron chi connectivity index (χ1n) is 7.23. The van der Waals surface area contributed by atoms with Gasteiger partial charge in [0.2, 0.25) is 0 Å². The maximum atomic E-state index is 14.1. The Morgan fingerprint density at radius 2 is 1.62 bits per heavy atom. The smallest absolute Gasteiger partial charge is 0.130 e. The van der Waals surface area contributed by atoms with Crippen LogP contribution in [0.1, 0.15) is 39.3 Å². The molecule has 1 saturated heterocycles. The third-order valence-electron chi connectivity index (χ3n) is 3.72. The van der Waals surface area contributed by atoms with Crippen molar-refractivity contribution in [2.75, 3.05) is 19.6 Å². The van der Waals surface area contributed by atoms with E-state index in [2.05, 4.69) is 0 Å². The highest BCUT2D eigenvalue weighted by Gasteiger charge is 2.41. The largest absolute Gasteiger partial charge is 0.367 e. The predicted molar refractivity (Wildman–Crippen MR) is 79.0 cm³/mol. The summed E-state index contributed by atoms with van der Waals surface area (Å²) in [6.45, 7) is 9.22. The fraction of sp³-hybridized carbons (Fsp3) is 0.625. The number of hydrogen-bond acceptors (Lipinski definition) is 3. The average Bonchev–Trinajstić information content (AvgIpc) is 2.29. The van der Waals surface area contributed by atoms with Gasteiger partial charge in [0.25, 0.3) is 0 Å². The number of nitrogens with zero attached hydrogens (tertiary/aromatic N) is 1. The van der Waals surface area contributed by atoms with Crippen LogP contribution in [0.25, 0.3) is 0 Å². The fourth-order valence-corrected chi connectivity index (χ4v) is 3.35. The molecule has 1 heterocycles. The second-order valence-electron chi connectivity index (χ2n) is 6.91. The summed E-state index contributed by atoms with van der Waals surface area (Å²) >= 11 is 0. The van der Waals surface area contributed by atoms with E-state index in [0.29, 0.717) is 13.1 Å². The lowest BCUT2D eigenvalue weighted by Crippen LogP contribution is -2.58. The highest BCUT2D eigenvalue weighted by atomic mass is 19.1. The number of morpholine rings is 1. The van der Waals surface area contributed by atoms with E-state index in [-0.39, 0.29) is 12.1 Å². The second kappa shape index (κ2) is 5.63. The van der Waals surface area contributed by atoms with E-state index in [1.165, 1.54) is 18.2 Å². The molecule has 0 aliphatic carbocycles. The van der Waals surface area contributed by atoms with Gasteiger partial charge in [-0.25, -0.2) is 8.78 Å². The van der Waals surface area contributed by atoms with E-state index in [1.807, 2.05) is 32.6 Å². The Bertz CT molecular complexity index is 481. The molecule has 2 N–H and O–H groups in total. The van der Waals surface area contributed by atoms with Crippen molar-refractivity contribution in [2.45, 2.75) is 44.9 Å². The van der Waals surface area contributed by atoms with Crippen LogP contribution in [-0.2, 0) is 4.74 Å². The molecule has 0 saturated carbocycles. The van der Waals surface area contributed by atoms with Gasteiger partial charge in [-0.2, -0.15) is 0 Å². The van der Waals surface area contributed by atoms with Crippen molar-refractivity contribution in [1.29, 1.82) is 0 Å². The minimum absolute atomic E-state index is 0.0495. The number of rotatable bonds is 3. The Balaban J connectivity index is 2.37. The molecule has 1 fully saturated rings. The molecule has 0 bridgehead atoms. The van der Waals surface area contributed by atoms with Crippen LogP contribution in [0.3, 0.4) is 0 Å². The van der Waals surface area contributed by atoms with Gasteiger partial charge in [-0.3, -0.25) is 4.90 Å². The number of halogens is 2. The van der Waals surface area contributed by atoms with Crippen molar-refractivity contribution in [3.8, 4) is 0 Å². The predicted octanol–water partition coefficient (Wildman–Crippen LogP) is 2.85. The maximum absolute atomic E-state index is 14.1. The SMILES string of the molecule is CC1(C)CN(C(CN)c2c(F)cccc2F)CC(C)(C)O1. The van der Waals surface area contributed by atoms with Gasteiger partial charge in [-0.05, 0) is 39.8 Å². The zero-order valence-electron chi connectivity index (χ0n) is 13.1. The molecule has 1 aliphatic rings. The first-order chi connectivity index (χ1) is 9.65. The van der Waals surface area contributed by atoms with E-state index >= 15 is 0 Å². The average molecular weight is 298 g/mol. The van der Waals surface area contributed by atoms with E-state index in [4.69, 9.17) is 10.5 Å². The fourth-order valence-electron chi connectivity index (χ4n) is 3.35. The summed E-state index contributed by atoms with van der Waals surface area (Å²) in [5.74, 6) is -1.10. The first kappa shape index (κ1) is 16.3. The zero-order valence-corrected chi connectivity index (χ0v) is 13.1. The Kier molecular flexibility index (Phi) is 4.38. The van der Waals surface area contributed by atoms with Crippen LogP contribution < -0.4 is 5.73 Å². The standard InChI is InChI=1S/C16H24F2N2O/c1-15(2)9-20(10-16(3,4)21-15)13(8-19)14-11(17)6-5-7-12(14)18/h5-7,13H,8-10,19H2,1-4H3. The monoisotopic (exact) mass is 298 g/mol. The van der Waals surface area contributed by atoms with Gasteiger partial charge < -0.3 is 10.5 Å². The van der Waals surface area contributed by atoms with E-state index in [1.54, 1.807) is 0 Å². The summed E-state index contributed by atoms with van der Waals surface area (Å²) in [4.78, 5) is 2.02. The first-order valence-corrected chi connectivity index (χ1v) is 7.23. The van der Waals surface area contributed by atoms with E-state index < -0.39 is 28.9 Å². The highest BCUT2D eigenvalue weighted by Crippen LogP contribution is 2.34. The molecular formula is C16H24F2N2O. The van der Waals surface area contributed by atoms with Crippen LogP contribution in [0.4, 0.5) is 8.78 Å². The third kappa shape index (κ3) is 3.59. The van der Waals surface area contributed by atoms with Crippen LogP contribution in [0.15, 0.2) is 18.2 Å². The second-order valence-corrected chi connectivity index (χ2v) is 6.91. The van der Waals surface area contributed by atoms with Crippen molar-refractivity contribution in [3.05, 3.63) is 35.4 Å². The molecule has 1 aromatic rings. The topological polar surface area (TPSA) is 38.5 Å². The zero-order chi connectivity index (χ0) is 15.8. The lowest BCUT2D eigenvalue weighted by Gasteiger charge is -2.49. The minimum Gasteiger partial charge on any atom is -0.367 e. The number of ether oxygens (including phenoxy) is 1. The summed E-state index contributed by atoms with van der Waals surface area (Å²) in [5.41, 5.74) is 5.10. The molecule has 1 aliphatic heterocycles. The third-order valence-corrected chi connectivity index (χ3v) is 3.72. The normalized spacial score (nSPS) is 23.0. The molecule has 0 amide bonds. The van der Waals surface area contributed by atoms with Gasteiger partial charge in [0, 0.05) is 25.2 Å². The molecule has 0 aromatic heterocycles. The van der Waals surface area contributed by atoms with Crippen molar-refractivity contribution in [2.24, 2.45) is 5.73 Å². The van der Waals surface area contributed by atoms with Gasteiger partial charge in [0.1, 0.15) is 11.6 Å². The van der Waals surface area contributed by atoms with Crippen molar-refractivity contribution < 1.29 is 13.5 Å². The van der Waals surface area contributed by atoms with Crippen molar-refractivity contribution in [3.63, 3.8) is 0 Å². The Morgan fingerprint density at radius 1 is 1.14 bits per heavy atom. The van der Waals surface area contributed by atoms with Crippen LogP contribution in [-0.4, -0.2) is 35.7 Å². The summed E-state index contributed by atoms with van der Waals surface area (Å²) in [7, 11) is 0. The number of hydrogen-bond donors (Lipinski definition) is 1. The minimum atomic E-state index is -0.549. The van der Waals surface area contributed by atoms with Gasteiger partial charge in [0.15, 0.2) is 0 Å². The van der Waals surface area contributed by atoms with Gasteiger partial charge >= 0.3 is 0 Å². The molecule has 5 heteroatoms. The molecule has 118 valence electrons. The van der Waals surface area contributed by atoms with Crippen molar-refractivity contribution in [1.82, 2.24) is 4.90 Å². The van der Waals surface area contributed by atoms with E-state index in [0.717, 1.165) is 0 Å².